The third kappa shape index (κ3) is 9.70. The van der Waals surface area contributed by atoms with Gasteiger partial charge in [0.2, 0.25) is 21.8 Å². The third-order valence-corrected chi connectivity index (χ3v) is 8.21. The molecule has 7 nitrogen and oxygen atoms in total. The lowest BCUT2D eigenvalue weighted by Crippen LogP contribution is -2.52. The van der Waals surface area contributed by atoms with Crippen LogP contribution in [-0.4, -0.2) is 50.0 Å². The third-order valence-electron chi connectivity index (χ3n) is 7.01. The molecular formula is C32H40FN3O4S. The summed E-state index contributed by atoms with van der Waals surface area (Å²) in [4.78, 5) is 29.1. The second kappa shape index (κ2) is 14.8. The van der Waals surface area contributed by atoms with Crippen molar-refractivity contribution in [1.82, 2.24) is 10.2 Å². The van der Waals surface area contributed by atoms with Crippen LogP contribution in [0.1, 0.15) is 49.8 Å². The van der Waals surface area contributed by atoms with Crippen molar-refractivity contribution in [1.29, 1.82) is 0 Å². The van der Waals surface area contributed by atoms with Crippen LogP contribution in [0.25, 0.3) is 0 Å². The number of benzene rings is 3. The Kier molecular flexibility index (Phi) is 11.5. The van der Waals surface area contributed by atoms with Gasteiger partial charge in [0.15, 0.2) is 0 Å². The number of carbonyl (C=O) groups is 2. The van der Waals surface area contributed by atoms with Crippen LogP contribution in [0.2, 0.25) is 0 Å². The highest BCUT2D eigenvalue weighted by Gasteiger charge is 2.31. The van der Waals surface area contributed by atoms with Crippen LogP contribution in [-0.2, 0) is 32.6 Å². The molecule has 0 bridgehead atoms. The van der Waals surface area contributed by atoms with Crippen LogP contribution in [0.15, 0.2) is 78.9 Å². The summed E-state index contributed by atoms with van der Waals surface area (Å²) in [6.07, 6.45) is 2.42. The molecule has 2 unspecified atom stereocenters. The van der Waals surface area contributed by atoms with Crippen molar-refractivity contribution in [2.24, 2.45) is 0 Å². The van der Waals surface area contributed by atoms with Crippen molar-refractivity contribution >= 4 is 27.5 Å². The molecule has 0 aromatic heterocycles. The van der Waals surface area contributed by atoms with Crippen LogP contribution in [0.5, 0.6) is 0 Å². The highest BCUT2D eigenvalue weighted by Crippen LogP contribution is 2.21. The molecule has 3 aromatic carbocycles. The molecule has 0 saturated carbocycles. The first-order chi connectivity index (χ1) is 19.5. The van der Waals surface area contributed by atoms with E-state index in [0.29, 0.717) is 12.1 Å². The Labute approximate surface area is 243 Å². The van der Waals surface area contributed by atoms with E-state index in [4.69, 9.17) is 0 Å². The first kappa shape index (κ1) is 31.8. The fourth-order valence-corrected chi connectivity index (χ4v) is 5.46. The van der Waals surface area contributed by atoms with Crippen molar-refractivity contribution in [2.45, 2.75) is 65.1 Å². The fourth-order valence-electron chi connectivity index (χ4n) is 4.50. The zero-order chi connectivity index (χ0) is 30.0. The maximum atomic E-state index is 13.8. The SMILES string of the molecule is CCC(C)NC(=O)C(Cc1ccccc1)N(Cc1ccc(C)cc1)C(=O)CCCN(c1ccc(F)cc1)S(C)(=O)=O. The fraction of sp³-hybridized carbons (Fsp3) is 0.375. The quantitative estimate of drug-likeness (QED) is 0.282. The van der Waals surface area contributed by atoms with E-state index >= 15 is 0 Å². The molecular weight excluding hydrogens is 541 g/mol. The minimum Gasteiger partial charge on any atom is -0.352 e. The van der Waals surface area contributed by atoms with Gasteiger partial charge in [-0.1, -0.05) is 67.1 Å². The van der Waals surface area contributed by atoms with Gasteiger partial charge in [0.05, 0.1) is 11.9 Å². The number of nitrogens with one attached hydrogen (secondary N) is 1. The van der Waals surface area contributed by atoms with E-state index in [2.05, 4.69) is 5.32 Å². The molecule has 0 radical (unpaired) electrons. The number of hydrogen-bond donors (Lipinski definition) is 1. The molecule has 220 valence electrons. The zero-order valence-electron chi connectivity index (χ0n) is 24.2. The average Bonchev–Trinajstić information content (AvgIpc) is 2.94. The van der Waals surface area contributed by atoms with E-state index in [1.807, 2.05) is 75.4 Å². The van der Waals surface area contributed by atoms with E-state index in [0.717, 1.165) is 29.4 Å². The van der Waals surface area contributed by atoms with Crippen LogP contribution in [0, 0.1) is 12.7 Å². The van der Waals surface area contributed by atoms with Gasteiger partial charge in [0.1, 0.15) is 11.9 Å². The van der Waals surface area contributed by atoms with Gasteiger partial charge in [0, 0.05) is 32.0 Å². The smallest absolute Gasteiger partial charge is 0.243 e. The van der Waals surface area contributed by atoms with Crippen molar-refractivity contribution < 1.29 is 22.4 Å². The molecule has 0 aliphatic rings. The molecule has 0 saturated heterocycles. The van der Waals surface area contributed by atoms with Crippen molar-refractivity contribution in [3.63, 3.8) is 0 Å². The van der Waals surface area contributed by atoms with Crippen molar-refractivity contribution in [3.8, 4) is 0 Å². The Morgan fingerprint density at radius 2 is 1.56 bits per heavy atom. The minimum absolute atomic E-state index is 0.0287. The van der Waals surface area contributed by atoms with Crippen molar-refractivity contribution in [2.75, 3.05) is 17.1 Å². The normalized spacial score (nSPS) is 12.8. The number of hydrogen-bond acceptors (Lipinski definition) is 4. The molecule has 0 aliphatic carbocycles. The van der Waals surface area contributed by atoms with Gasteiger partial charge in [-0.05, 0) is 62.1 Å². The monoisotopic (exact) mass is 581 g/mol. The van der Waals surface area contributed by atoms with E-state index in [1.165, 1.54) is 28.6 Å². The van der Waals surface area contributed by atoms with E-state index in [9.17, 15) is 22.4 Å². The predicted molar refractivity (Wildman–Crippen MR) is 161 cm³/mol. The lowest BCUT2D eigenvalue weighted by atomic mass is 10.0. The Hall–Kier alpha value is -3.72. The highest BCUT2D eigenvalue weighted by molar-refractivity contribution is 7.92. The summed E-state index contributed by atoms with van der Waals surface area (Å²) >= 11 is 0. The van der Waals surface area contributed by atoms with Crippen LogP contribution in [0.4, 0.5) is 10.1 Å². The second-order valence-corrected chi connectivity index (χ2v) is 12.4. The number of aryl methyl sites for hydroxylation is 1. The number of nitrogens with zero attached hydrogens (tertiary/aromatic N) is 2. The van der Waals surface area contributed by atoms with E-state index in [1.54, 1.807) is 4.90 Å². The average molecular weight is 582 g/mol. The summed E-state index contributed by atoms with van der Waals surface area (Å²) in [5.74, 6) is -0.949. The summed E-state index contributed by atoms with van der Waals surface area (Å²) in [7, 11) is -3.67. The van der Waals surface area contributed by atoms with E-state index in [-0.39, 0.29) is 43.8 Å². The molecule has 0 spiro atoms. The Bertz CT molecular complexity index is 1380. The standard InChI is InChI=1S/C32H40FN3O4S/c1-5-25(3)34-32(38)30(22-26-10-7-6-8-11-26)35(23-27-15-13-24(2)14-16-27)31(37)12-9-21-36(41(4,39)40)29-19-17-28(33)18-20-29/h6-8,10-11,13-20,25,30H,5,9,12,21-23H2,1-4H3,(H,34,38). The van der Waals surface area contributed by atoms with Gasteiger partial charge in [-0.2, -0.15) is 0 Å². The topological polar surface area (TPSA) is 86.8 Å². The zero-order valence-corrected chi connectivity index (χ0v) is 25.0. The highest BCUT2D eigenvalue weighted by atomic mass is 32.2. The van der Waals surface area contributed by atoms with Gasteiger partial charge in [0.25, 0.3) is 0 Å². The number of sulfonamides is 1. The molecule has 0 heterocycles. The molecule has 2 amide bonds. The first-order valence-corrected chi connectivity index (χ1v) is 15.7. The molecule has 1 N–H and O–H groups in total. The largest absolute Gasteiger partial charge is 0.352 e. The lowest BCUT2D eigenvalue weighted by molar-refractivity contribution is -0.141. The Balaban J connectivity index is 1.88. The van der Waals surface area contributed by atoms with Crippen LogP contribution < -0.4 is 9.62 Å². The van der Waals surface area contributed by atoms with Crippen LogP contribution >= 0.6 is 0 Å². The van der Waals surface area contributed by atoms with Crippen molar-refractivity contribution in [3.05, 3.63) is 101 Å². The summed E-state index contributed by atoms with van der Waals surface area (Å²) in [5.41, 5.74) is 3.23. The van der Waals surface area contributed by atoms with Gasteiger partial charge < -0.3 is 10.2 Å². The lowest BCUT2D eigenvalue weighted by Gasteiger charge is -2.32. The number of halogens is 1. The number of rotatable bonds is 14. The van der Waals surface area contributed by atoms with Gasteiger partial charge in [-0.3, -0.25) is 13.9 Å². The van der Waals surface area contributed by atoms with Gasteiger partial charge in [-0.15, -0.1) is 0 Å². The Morgan fingerprint density at radius 3 is 2.15 bits per heavy atom. The molecule has 0 fully saturated rings. The van der Waals surface area contributed by atoms with Gasteiger partial charge >= 0.3 is 0 Å². The molecule has 9 heteroatoms. The minimum atomic E-state index is -3.67. The van der Waals surface area contributed by atoms with Gasteiger partial charge in [-0.25, -0.2) is 12.8 Å². The number of anilines is 1. The number of amides is 2. The molecule has 2 atom stereocenters. The maximum Gasteiger partial charge on any atom is 0.243 e. The molecule has 3 rings (SSSR count). The number of carbonyl (C=O) groups excluding carboxylic acids is 2. The summed E-state index contributed by atoms with van der Waals surface area (Å²) in [6, 6.07) is 21.8. The van der Waals surface area contributed by atoms with E-state index < -0.39 is 21.9 Å². The predicted octanol–water partition coefficient (Wildman–Crippen LogP) is 5.24. The first-order valence-electron chi connectivity index (χ1n) is 13.9. The summed E-state index contributed by atoms with van der Waals surface area (Å²) < 4.78 is 39.6. The maximum absolute atomic E-state index is 13.8. The van der Waals surface area contributed by atoms with Crippen LogP contribution in [0.3, 0.4) is 0 Å². The second-order valence-electron chi connectivity index (χ2n) is 10.4. The molecule has 3 aromatic rings. The summed E-state index contributed by atoms with van der Waals surface area (Å²) in [5, 5.41) is 3.05. The molecule has 41 heavy (non-hydrogen) atoms. The molecule has 0 aliphatic heterocycles. The summed E-state index contributed by atoms with van der Waals surface area (Å²) in [6.45, 7) is 6.17. The Morgan fingerprint density at radius 1 is 0.927 bits per heavy atom.